The molecular formula is C28H27ClN2O. The van der Waals surface area contributed by atoms with Gasteiger partial charge in [0.2, 0.25) is 5.91 Å². The number of amides is 1. The number of hydrogen-bond acceptors (Lipinski definition) is 1. The molecule has 1 aliphatic rings. The van der Waals surface area contributed by atoms with Gasteiger partial charge < -0.3 is 9.88 Å². The maximum atomic E-state index is 12.9. The van der Waals surface area contributed by atoms with Crippen LogP contribution in [-0.4, -0.2) is 16.5 Å². The minimum atomic E-state index is -0.0587. The Balaban J connectivity index is 1.56. The van der Waals surface area contributed by atoms with Gasteiger partial charge in [-0.15, -0.1) is 0 Å². The van der Waals surface area contributed by atoms with E-state index in [1.54, 1.807) is 0 Å². The highest BCUT2D eigenvalue weighted by Gasteiger charge is 2.27. The summed E-state index contributed by atoms with van der Waals surface area (Å²) in [5.74, 6) is 0.0458. The molecule has 0 aliphatic heterocycles. The lowest BCUT2D eigenvalue weighted by atomic mass is 9.88. The first-order valence-electron chi connectivity index (χ1n) is 11.2. The van der Waals surface area contributed by atoms with Crippen molar-refractivity contribution in [2.45, 2.75) is 44.7 Å². The Morgan fingerprint density at radius 1 is 1.06 bits per heavy atom. The summed E-state index contributed by atoms with van der Waals surface area (Å²) < 4.78 is 2.30. The SMILES string of the molecule is Cc1ccc(Cn2cc(C(CC(=O)NC3CC3)c3cccc(Cl)c3)c3ccccc32)cc1. The Morgan fingerprint density at radius 2 is 1.84 bits per heavy atom. The standard InChI is InChI=1S/C28H27ClN2O/c1-19-9-11-20(12-10-19)17-31-18-26(24-7-2-3-8-27(24)31)25(16-28(32)30-23-13-14-23)21-5-4-6-22(29)15-21/h2-12,15,18,23,25H,13-14,16-17H2,1H3,(H,30,32). The highest BCUT2D eigenvalue weighted by atomic mass is 35.5. The molecule has 1 unspecified atom stereocenters. The van der Waals surface area contributed by atoms with E-state index in [9.17, 15) is 4.79 Å². The van der Waals surface area contributed by atoms with E-state index in [0.29, 0.717) is 17.5 Å². The molecule has 1 heterocycles. The number of para-hydroxylation sites is 1. The van der Waals surface area contributed by atoms with Crippen molar-refractivity contribution in [3.05, 3.63) is 106 Å². The maximum absolute atomic E-state index is 12.9. The number of nitrogens with one attached hydrogen (secondary N) is 1. The van der Waals surface area contributed by atoms with Crippen molar-refractivity contribution in [1.82, 2.24) is 9.88 Å². The van der Waals surface area contributed by atoms with Gasteiger partial charge in [-0.05, 0) is 54.7 Å². The summed E-state index contributed by atoms with van der Waals surface area (Å²) in [7, 11) is 0. The van der Waals surface area contributed by atoms with Gasteiger partial charge in [-0.3, -0.25) is 4.79 Å². The minimum Gasteiger partial charge on any atom is -0.353 e. The molecule has 3 aromatic carbocycles. The molecule has 1 fully saturated rings. The van der Waals surface area contributed by atoms with Gasteiger partial charge in [0, 0.05) is 47.0 Å². The first-order valence-corrected chi connectivity index (χ1v) is 11.6. The van der Waals surface area contributed by atoms with Crippen LogP contribution in [0, 0.1) is 6.92 Å². The van der Waals surface area contributed by atoms with Crippen LogP contribution in [0.3, 0.4) is 0 Å². The zero-order chi connectivity index (χ0) is 22.1. The van der Waals surface area contributed by atoms with Crippen LogP contribution < -0.4 is 5.32 Å². The van der Waals surface area contributed by atoms with Gasteiger partial charge in [0.25, 0.3) is 0 Å². The second-order valence-corrected chi connectivity index (χ2v) is 9.31. The van der Waals surface area contributed by atoms with Crippen molar-refractivity contribution in [2.75, 3.05) is 0 Å². The molecule has 1 aromatic heterocycles. The Labute approximate surface area is 194 Å². The molecule has 1 aliphatic carbocycles. The van der Waals surface area contributed by atoms with Crippen LogP contribution in [0.5, 0.6) is 0 Å². The van der Waals surface area contributed by atoms with Crippen molar-refractivity contribution in [1.29, 1.82) is 0 Å². The molecule has 4 aromatic rings. The van der Waals surface area contributed by atoms with Gasteiger partial charge in [-0.1, -0.05) is 71.8 Å². The lowest BCUT2D eigenvalue weighted by Gasteiger charge is -2.17. The summed E-state index contributed by atoms with van der Waals surface area (Å²) in [6.45, 7) is 2.90. The number of benzene rings is 3. The summed E-state index contributed by atoms with van der Waals surface area (Å²) in [6.07, 6.45) is 4.81. The van der Waals surface area contributed by atoms with E-state index in [2.05, 4.69) is 77.6 Å². The van der Waals surface area contributed by atoms with Crippen molar-refractivity contribution in [3.63, 3.8) is 0 Å². The van der Waals surface area contributed by atoms with E-state index in [0.717, 1.165) is 24.9 Å². The molecule has 5 rings (SSSR count). The van der Waals surface area contributed by atoms with Crippen molar-refractivity contribution < 1.29 is 4.79 Å². The highest BCUT2D eigenvalue weighted by Crippen LogP contribution is 2.36. The Bertz CT molecular complexity index is 1250. The first kappa shape index (κ1) is 20.8. The number of aromatic nitrogens is 1. The van der Waals surface area contributed by atoms with E-state index in [-0.39, 0.29) is 11.8 Å². The third-order valence-corrected chi connectivity index (χ3v) is 6.49. The molecule has 4 heteroatoms. The van der Waals surface area contributed by atoms with Gasteiger partial charge in [0.1, 0.15) is 0 Å². The molecule has 162 valence electrons. The van der Waals surface area contributed by atoms with Crippen molar-refractivity contribution >= 4 is 28.4 Å². The van der Waals surface area contributed by atoms with Crippen LogP contribution in [0.2, 0.25) is 5.02 Å². The number of carbonyl (C=O) groups excluding carboxylic acids is 1. The topological polar surface area (TPSA) is 34.0 Å². The van der Waals surface area contributed by atoms with Crippen molar-refractivity contribution in [3.8, 4) is 0 Å². The number of carbonyl (C=O) groups is 1. The van der Waals surface area contributed by atoms with Crippen LogP contribution >= 0.6 is 11.6 Å². The summed E-state index contributed by atoms with van der Waals surface area (Å²) in [4.78, 5) is 12.9. The van der Waals surface area contributed by atoms with Gasteiger partial charge in [0.05, 0.1) is 0 Å². The van der Waals surface area contributed by atoms with Crippen LogP contribution in [0.1, 0.15) is 47.4 Å². The van der Waals surface area contributed by atoms with E-state index in [1.165, 1.54) is 27.6 Å². The average Bonchev–Trinajstić information content (AvgIpc) is 3.53. The molecule has 1 saturated carbocycles. The van der Waals surface area contributed by atoms with Gasteiger partial charge in [0.15, 0.2) is 0 Å². The van der Waals surface area contributed by atoms with Crippen LogP contribution in [0.4, 0.5) is 0 Å². The normalized spacial score (nSPS) is 14.4. The first-order chi connectivity index (χ1) is 15.6. The fraction of sp³-hybridized carbons (Fsp3) is 0.250. The molecule has 1 amide bonds. The molecule has 0 spiro atoms. The monoisotopic (exact) mass is 442 g/mol. The third-order valence-electron chi connectivity index (χ3n) is 6.25. The predicted octanol–water partition coefficient (Wildman–Crippen LogP) is 6.45. The van der Waals surface area contributed by atoms with Crippen LogP contribution in [0.15, 0.2) is 79.0 Å². The minimum absolute atomic E-state index is 0.0587. The molecule has 3 nitrogen and oxygen atoms in total. The van der Waals surface area contributed by atoms with Crippen molar-refractivity contribution in [2.24, 2.45) is 0 Å². The summed E-state index contributed by atoms with van der Waals surface area (Å²) in [5, 5.41) is 5.04. The van der Waals surface area contributed by atoms with E-state index >= 15 is 0 Å². The lowest BCUT2D eigenvalue weighted by Crippen LogP contribution is -2.27. The van der Waals surface area contributed by atoms with E-state index in [1.807, 2.05) is 18.2 Å². The fourth-order valence-electron chi connectivity index (χ4n) is 4.40. The van der Waals surface area contributed by atoms with Gasteiger partial charge in [-0.2, -0.15) is 0 Å². The summed E-state index contributed by atoms with van der Waals surface area (Å²) in [5.41, 5.74) is 5.93. The molecule has 1 N–H and O–H groups in total. The number of rotatable bonds is 7. The number of hydrogen-bond donors (Lipinski definition) is 1. The molecule has 32 heavy (non-hydrogen) atoms. The van der Waals surface area contributed by atoms with Gasteiger partial charge >= 0.3 is 0 Å². The van der Waals surface area contributed by atoms with Gasteiger partial charge in [-0.25, -0.2) is 0 Å². The number of aryl methyl sites for hydroxylation is 1. The Morgan fingerprint density at radius 3 is 2.59 bits per heavy atom. The maximum Gasteiger partial charge on any atom is 0.221 e. The average molecular weight is 443 g/mol. The smallest absolute Gasteiger partial charge is 0.221 e. The Hall–Kier alpha value is -3.04. The molecule has 0 bridgehead atoms. The number of fused-ring (bicyclic) bond motifs is 1. The zero-order valence-electron chi connectivity index (χ0n) is 18.2. The second-order valence-electron chi connectivity index (χ2n) is 8.87. The third kappa shape index (κ3) is 4.58. The largest absolute Gasteiger partial charge is 0.353 e. The Kier molecular flexibility index (Phi) is 5.75. The molecule has 1 atom stereocenters. The van der Waals surface area contributed by atoms with Crippen LogP contribution in [0.25, 0.3) is 10.9 Å². The highest BCUT2D eigenvalue weighted by molar-refractivity contribution is 6.30. The quantitative estimate of drug-likeness (QED) is 0.350. The molecule has 0 saturated heterocycles. The van der Waals surface area contributed by atoms with E-state index < -0.39 is 0 Å². The number of nitrogens with zero attached hydrogens (tertiary/aromatic N) is 1. The zero-order valence-corrected chi connectivity index (χ0v) is 19.0. The molecular weight excluding hydrogens is 416 g/mol. The fourth-order valence-corrected chi connectivity index (χ4v) is 4.60. The predicted molar refractivity (Wildman–Crippen MR) is 131 cm³/mol. The lowest BCUT2D eigenvalue weighted by molar-refractivity contribution is -0.121. The molecule has 0 radical (unpaired) electrons. The summed E-state index contributed by atoms with van der Waals surface area (Å²) in [6, 6.07) is 25.4. The van der Waals surface area contributed by atoms with E-state index in [4.69, 9.17) is 11.6 Å². The number of halogens is 1. The second kappa shape index (κ2) is 8.84. The summed E-state index contributed by atoms with van der Waals surface area (Å²) >= 11 is 6.35. The van der Waals surface area contributed by atoms with Crippen LogP contribution in [-0.2, 0) is 11.3 Å².